The molecule has 0 atom stereocenters. The second-order valence-electron chi connectivity index (χ2n) is 8.41. The molecule has 0 bridgehead atoms. The van der Waals surface area contributed by atoms with E-state index in [1.54, 1.807) is 6.20 Å². The van der Waals surface area contributed by atoms with E-state index in [2.05, 4.69) is 33.8 Å². The smallest absolute Gasteiger partial charge is 0.251 e. The van der Waals surface area contributed by atoms with Crippen LogP contribution in [0.15, 0.2) is 54.9 Å². The van der Waals surface area contributed by atoms with E-state index in [0.717, 1.165) is 52.8 Å². The average molecular weight is 412 g/mol. The van der Waals surface area contributed by atoms with Crippen molar-refractivity contribution in [2.24, 2.45) is 5.92 Å². The van der Waals surface area contributed by atoms with E-state index in [-0.39, 0.29) is 5.91 Å². The van der Waals surface area contributed by atoms with Crippen LogP contribution in [0.5, 0.6) is 0 Å². The zero-order valence-electron chi connectivity index (χ0n) is 17.8. The SMILES string of the molecule is CC(C)CNC(=O)c1ccc2c(-c3c(-c4ccccn4)nn4c3CCC4)ccnc2c1. The van der Waals surface area contributed by atoms with Gasteiger partial charge in [0.2, 0.25) is 0 Å². The van der Waals surface area contributed by atoms with Crippen LogP contribution in [0, 0.1) is 5.92 Å². The second kappa shape index (κ2) is 7.95. The highest BCUT2D eigenvalue weighted by molar-refractivity contribution is 6.03. The van der Waals surface area contributed by atoms with Crippen molar-refractivity contribution in [3.05, 3.63) is 66.1 Å². The summed E-state index contributed by atoms with van der Waals surface area (Å²) in [7, 11) is 0. The third-order valence-corrected chi connectivity index (χ3v) is 5.69. The topological polar surface area (TPSA) is 72.7 Å². The van der Waals surface area contributed by atoms with Crippen molar-refractivity contribution in [3.8, 4) is 22.5 Å². The monoisotopic (exact) mass is 411 g/mol. The van der Waals surface area contributed by atoms with Gasteiger partial charge in [0.15, 0.2) is 0 Å². The molecule has 1 N–H and O–H groups in total. The number of benzene rings is 1. The highest BCUT2D eigenvalue weighted by atomic mass is 16.1. The van der Waals surface area contributed by atoms with Gasteiger partial charge in [-0.25, -0.2) is 0 Å². The first-order chi connectivity index (χ1) is 15.1. The first kappa shape index (κ1) is 19.4. The van der Waals surface area contributed by atoms with Crippen LogP contribution in [0.1, 0.15) is 36.3 Å². The zero-order chi connectivity index (χ0) is 21.4. The maximum absolute atomic E-state index is 12.5. The Morgan fingerprint density at radius 2 is 2.03 bits per heavy atom. The van der Waals surface area contributed by atoms with Gasteiger partial charge < -0.3 is 5.32 Å². The molecule has 1 aromatic carbocycles. The van der Waals surface area contributed by atoms with Crippen LogP contribution in [0.25, 0.3) is 33.4 Å². The van der Waals surface area contributed by atoms with E-state index in [9.17, 15) is 4.79 Å². The molecule has 31 heavy (non-hydrogen) atoms. The van der Waals surface area contributed by atoms with Crippen molar-refractivity contribution in [1.82, 2.24) is 25.1 Å². The minimum atomic E-state index is -0.0663. The molecule has 1 aliphatic heterocycles. The third-order valence-electron chi connectivity index (χ3n) is 5.69. The van der Waals surface area contributed by atoms with Crippen molar-refractivity contribution in [2.75, 3.05) is 6.54 Å². The Kier molecular flexibility index (Phi) is 4.98. The van der Waals surface area contributed by atoms with Crippen LogP contribution >= 0.6 is 0 Å². The van der Waals surface area contributed by atoms with E-state index in [1.165, 1.54) is 5.69 Å². The lowest BCUT2D eigenvalue weighted by molar-refractivity contribution is 0.0949. The number of hydrogen-bond acceptors (Lipinski definition) is 4. The third kappa shape index (κ3) is 3.58. The lowest BCUT2D eigenvalue weighted by Crippen LogP contribution is -2.27. The van der Waals surface area contributed by atoms with E-state index in [4.69, 9.17) is 5.10 Å². The maximum atomic E-state index is 12.5. The van der Waals surface area contributed by atoms with Gasteiger partial charge >= 0.3 is 0 Å². The quantitative estimate of drug-likeness (QED) is 0.525. The molecule has 6 nitrogen and oxygen atoms in total. The van der Waals surface area contributed by atoms with Crippen LogP contribution in [0.4, 0.5) is 0 Å². The fourth-order valence-electron chi connectivity index (χ4n) is 4.20. The van der Waals surface area contributed by atoms with Gasteiger partial charge in [0, 0.05) is 47.7 Å². The lowest BCUT2D eigenvalue weighted by Gasteiger charge is -2.11. The average Bonchev–Trinajstić information content (AvgIpc) is 3.38. The van der Waals surface area contributed by atoms with Gasteiger partial charge in [-0.15, -0.1) is 0 Å². The number of hydrogen-bond donors (Lipinski definition) is 1. The number of fused-ring (bicyclic) bond motifs is 2. The summed E-state index contributed by atoms with van der Waals surface area (Å²) >= 11 is 0. The highest BCUT2D eigenvalue weighted by Crippen LogP contribution is 2.39. The summed E-state index contributed by atoms with van der Waals surface area (Å²) < 4.78 is 2.11. The highest BCUT2D eigenvalue weighted by Gasteiger charge is 2.25. The normalized spacial score (nSPS) is 13.0. The predicted octanol–water partition coefficient (Wildman–Crippen LogP) is 4.49. The van der Waals surface area contributed by atoms with E-state index in [0.29, 0.717) is 18.0 Å². The molecule has 6 heteroatoms. The molecule has 0 saturated heterocycles. The Hall–Kier alpha value is -3.54. The van der Waals surface area contributed by atoms with Gasteiger partial charge in [0.1, 0.15) is 5.69 Å². The summed E-state index contributed by atoms with van der Waals surface area (Å²) in [6.45, 7) is 5.74. The number of aryl methyl sites for hydroxylation is 1. The van der Waals surface area contributed by atoms with Crippen molar-refractivity contribution < 1.29 is 4.79 Å². The molecule has 0 unspecified atom stereocenters. The molecular weight excluding hydrogens is 386 g/mol. The minimum Gasteiger partial charge on any atom is -0.352 e. The first-order valence-electron chi connectivity index (χ1n) is 10.8. The van der Waals surface area contributed by atoms with Crippen molar-refractivity contribution >= 4 is 16.8 Å². The Balaban J connectivity index is 1.63. The first-order valence-corrected chi connectivity index (χ1v) is 10.8. The maximum Gasteiger partial charge on any atom is 0.251 e. The molecule has 3 aromatic heterocycles. The fraction of sp³-hybridized carbons (Fsp3) is 0.280. The summed E-state index contributed by atoms with van der Waals surface area (Å²) in [5, 5.41) is 8.90. The van der Waals surface area contributed by atoms with Gasteiger partial charge in [-0.2, -0.15) is 5.10 Å². The van der Waals surface area contributed by atoms with Crippen LogP contribution in [0.2, 0.25) is 0 Å². The van der Waals surface area contributed by atoms with Crippen LogP contribution in [-0.4, -0.2) is 32.2 Å². The summed E-state index contributed by atoms with van der Waals surface area (Å²) in [5.41, 5.74) is 6.66. The number of aromatic nitrogens is 4. The minimum absolute atomic E-state index is 0.0663. The van der Waals surface area contributed by atoms with E-state index < -0.39 is 0 Å². The zero-order valence-corrected chi connectivity index (χ0v) is 17.8. The molecule has 0 fully saturated rings. The summed E-state index contributed by atoms with van der Waals surface area (Å²) in [4.78, 5) is 21.7. The lowest BCUT2D eigenvalue weighted by atomic mass is 9.96. The Morgan fingerprint density at radius 3 is 2.84 bits per heavy atom. The number of nitrogens with zero attached hydrogens (tertiary/aromatic N) is 4. The number of carbonyl (C=O) groups is 1. The Bertz CT molecular complexity index is 1260. The number of rotatable bonds is 5. The Morgan fingerprint density at radius 1 is 1.13 bits per heavy atom. The summed E-state index contributed by atoms with van der Waals surface area (Å²) in [5.74, 6) is 0.340. The standard InChI is InChI=1S/C25H25N5O/c1-16(2)15-28-25(31)17-8-9-18-19(10-12-27-21(18)14-17)23-22-7-5-13-30(22)29-24(23)20-6-3-4-11-26-20/h3-4,6,8-12,14,16H,5,7,13,15H2,1-2H3,(H,28,31). The molecule has 0 saturated carbocycles. The molecule has 5 rings (SSSR count). The number of carbonyl (C=O) groups excluding carboxylic acids is 1. The van der Waals surface area contributed by atoms with Gasteiger partial charge in [-0.05, 0) is 54.7 Å². The summed E-state index contributed by atoms with van der Waals surface area (Å²) in [6, 6.07) is 13.7. The van der Waals surface area contributed by atoms with Gasteiger partial charge in [-0.3, -0.25) is 19.4 Å². The number of amides is 1. The van der Waals surface area contributed by atoms with Gasteiger partial charge in [0.05, 0.1) is 11.2 Å². The molecule has 0 spiro atoms. The van der Waals surface area contributed by atoms with E-state index >= 15 is 0 Å². The van der Waals surface area contributed by atoms with Crippen molar-refractivity contribution in [1.29, 1.82) is 0 Å². The van der Waals surface area contributed by atoms with Crippen LogP contribution in [0.3, 0.4) is 0 Å². The Labute approximate surface area is 181 Å². The molecule has 1 amide bonds. The van der Waals surface area contributed by atoms with Crippen molar-refractivity contribution in [2.45, 2.75) is 33.2 Å². The largest absolute Gasteiger partial charge is 0.352 e. The molecule has 0 aliphatic carbocycles. The van der Waals surface area contributed by atoms with Gasteiger partial charge in [0.25, 0.3) is 5.91 Å². The molecule has 0 radical (unpaired) electrons. The van der Waals surface area contributed by atoms with Crippen LogP contribution < -0.4 is 5.32 Å². The molecule has 4 aromatic rings. The molecule has 4 heterocycles. The predicted molar refractivity (Wildman–Crippen MR) is 122 cm³/mol. The number of nitrogens with one attached hydrogen (secondary N) is 1. The summed E-state index contributed by atoms with van der Waals surface area (Å²) in [6.07, 6.45) is 5.71. The second-order valence-corrected chi connectivity index (χ2v) is 8.41. The molecular formula is C25H25N5O. The number of pyridine rings is 2. The van der Waals surface area contributed by atoms with Gasteiger partial charge in [-0.1, -0.05) is 26.0 Å². The van der Waals surface area contributed by atoms with Crippen molar-refractivity contribution in [3.63, 3.8) is 0 Å². The molecule has 1 aliphatic rings. The molecule has 156 valence electrons. The van der Waals surface area contributed by atoms with Crippen LogP contribution in [-0.2, 0) is 13.0 Å². The van der Waals surface area contributed by atoms with E-state index in [1.807, 2.05) is 48.7 Å². The fourth-order valence-corrected chi connectivity index (χ4v) is 4.20.